The number of amides is 1. The molecular weight excluding hydrogens is 316 g/mol. The minimum Gasteiger partial charge on any atom is -0.379 e. The number of likely N-dealkylation sites (N-methyl/N-ethyl adjacent to an activating group) is 1. The number of nitrogens with zero attached hydrogens (tertiary/aromatic N) is 2. The largest absolute Gasteiger partial charge is 0.379 e. The van der Waals surface area contributed by atoms with Gasteiger partial charge in [-0.1, -0.05) is 13.0 Å². The van der Waals surface area contributed by atoms with Crippen LogP contribution in [0.5, 0.6) is 0 Å². The molecule has 23 heavy (non-hydrogen) atoms. The van der Waals surface area contributed by atoms with Crippen molar-refractivity contribution < 1.29 is 9.72 Å². The highest BCUT2D eigenvalue weighted by atomic mass is 32.1. The molecule has 0 saturated carbocycles. The molecular formula is C15H18N4O3S. The van der Waals surface area contributed by atoms with Crippen molar-refractivity contribution in [1.29, 1.82) is 0 Å². The van der Waals surface area contributed by atoms with Crippen LogP contribution in [-0.2, 0) is 24.2 Å². The van der Waals surface area contributed by atoms with Crippen LogP contribution in [0.2, 0.25) is 0 Å². The van der Waals surface area contributed by atoms with Crippen LogP contribution in [0.1, 0.15) is 23.2 Å². The highest BCUT2D eigenvalue weighted by molar-refractivity contribution is 7.09. The van der Waals surface area contributed by atoms with Crippen LogP contribution in [0.4, 0.5) is 11.4 Å². The van der Waals surface area contributed by atoms with E-state index in [0.717, 1.165) is 10.7 Å². The van der Waals surface area contributed by atoms with Crippen LogP contribution in [0.3, 0.4) is 0 Å². The summed E-state index contributed by atoms with van der Waals surface area (Å²) in [7, 11) is 1.59. The highest BCUT2D eigenvalue weighted by Gasteiger charge is 2.13. The molecule has 122 valence electrons. The quantitative estimate of drug-likeness (QED) is 0.599. The Kier molecular flexibility index (Phi) is 5.64. The zero-order valence-electron chi connectivity index (χ0n) is 13.0. The van der Waals surface area contributed by atoms with Gasteiger partial charge in [0.25, 0.3) is 5.69 Å². The Morgan fingerprint density at radius 2 is 2.22 bits per heavy atom. The third-order valence-corrected chi connectivity index (χ3v) is 4.22. The lowest BCUT2D eigenvalue weighted by molar-refractivity contribution is -0.385. The standard InChI is InChI=1S/C15H18N4O3S/c1-3-10-4-5-11(6-13(10)19(21)22)17-8-12-9-23-15(18-12)7-14(20)16-2/h4-6,9,17H,3,7-8H2,1-2H3,(H,16,20). The van der Waals surface area contributed by atoms with E-state index in [1.165, 1.54) is 17.4 Å². The Hall–Kier alpha value is -2.48. The van der Waals surface area contributed by atoms with Gasteiger partial charge in [0.05, 0.1) is 23.6 Å². The Morgan fingerprint density at radius 1 is 1.43 bits per heavy atom. The van der Waals surface area contributed by atoms with Gasteiger partial charge >= 0.3 is 0 Å². The number of aromatic nitrogens is 1. The average Bonchev–Trinajstić information content (AvgIpc) is 2.99. The van der Waals surface area contributed by atoms with Crippen molar-refractivity contribution in [3.8, 4) is 0 Å². The van der Waals surface area contributed by atoms with Gasteiger partial charge in [-0.25, -0.2) is 4.98 Å². The molecule has 0 aliphatic carbocycles. The lowest BCUT2D eigenvalue weighted by Crippen LogP contribution is -2.19. The summed E-state index contributed by atoms with van der Waals surface area (Å²) in [6.45, 7) is 2.34. The second kappa shape index (κ2) is 7.68. The minimum atomic E-state index is -0.367. The van der Waals surface area contributed by atoms with Crippen LogP contribution < -0.4 is 10.6 Å². The number of aryl methyl sites for hydroxylation is 1. The number of hydrogen-bond acceptors (Lipinski definition) is 6. The van der Waals surface area contributed by atoms with Gasteiger partial charge in [-0.15, -0.1) is 11.3 Å². The number of nitro benzene ring substituents is 1. The summed E-state index contributed by atoms with van der Waals surface area (Å²) >= 11 is 1.42. The molecule has 2 rings (SSSR count). The van der Waals surface area contributed by atoms with Crippen molar-refractivity contribution >= 4 is 28.6 Å². The third kappa shape index (κ3) is 4.49. The van der Waals surface area contributed by atoms with Crippen molar-refractivity contribution in [2.45, 2.75) is 26.3 Å². The fraction of sp³-hybridized carbons (Fsp3) is 0.333. The van der Waals surface area contributed by atoms with E-state index in [4.69, 9.17) is 0 Å². The Morgan fingerprint density at radius 3 is 2.87 bits per heavy atom. The maximum atomic E-state index is 11.3. The molecule has 0 aliphatic heterocycles. The first-order valence-corrected chi connectivity index (χ1v) is 8.06. The first kappa shape index (κ1) is 16.9. The van der Waals surface area contributed by atoms with Crippen LogP contribution >= 0.6 is 11.3 Å². The van der Waals surface area contributed by atoms with E-state index in [1.807, 2.05) is 18.4 Å². The smallest absolute Gasteiger partial charge is 0.274 e. The first-order chi connectivity index (χ1) is 11.0. The Balaban J connectivity index is 2.02. The maximum Gasteiger partial charge on any atom is 0.274 e. The van der Waals surface area contributed by atoms with E-state index in [2.05, 4.69) is 15.6 Å². The third-order valence-electron chi connectivity index (χ3n) is 3.33. The van der Waals surface area contributed by atoms with Gasteiger partial charge in [0.1, 0.15) is 5.01 Å². The normalized spacial score (nSPS) is 10.3. The maximum absolute atomic E-state index is 11.3. The highest BCUT2D eigenvalue weighted by Crippen LogP contribution is 2.24. The molecule has 0 aliphatic rings. The van der Waals surface area contributed by atoms with Crippen LogP contribution in [0.15, 0.2) is 23.6 Å². The van der Waals surface area contributed by atoms with Gasteiger partial charge in [0.2, 0.25) is 5.91 Å². The number of nitro groups is 1. The molecule has 1 aromatic carbocycles. The number of benzene rings is 1. The summed E-state index contributed by atoms with van der Waals surface area (Å²) in [6.07, 6.45) is 0.878. The number of hydrogen-bond donors (Lipinski definition) is 2. The van der Waals surface area contributed by atoms with Gasteiger partial charge in [-0.05, 0) is 12.5 Å². The van der Waals surface area contributed by atoms with E-state index in [-0.39, 0.29) is 22.9 Å². The molecule has 0 spiro atoms. The number of rotatable bonds is 7. The van der Waals surface area contributed by atoms with Crippen molar-refractivity contribution in [2.75, 3.05) is 12.4 Å². The molecule has 1 aromatic heterocycles. The summed E-state index contributed by atoms with van der Waals surface area (Å²) in [4.78, 5) is 26.4. The molecule has 1 amide bonds. The van der Waals surface area contributed by atoms with Crippen molar-refractivity contribution in [3.63, 3.8) is 0 Å². The van der Waals surface area contributed by atoms with E-state index < -0.39 is 0 Å². The lowest BCUT2D eigenvalue weighted by Gasteiger charge is -2.06. The van der Waals surface area contributed by atoms with Gasteiger partial charge < -0.3 is 10.6 Å². The van der Waals surface area contributed by atoms with Crippen molar-refractivity contribution in [1.82, 2.24) is 10.3 Å². The number of thiazole rings is 1. The lowest BCUT2D eigenvalue weighted by atomic mass is 10.1. The molecule has 8 heteroatoms. The second-order valence-corrected chi connectivity index (χ2v) is 5.83. The molecule has 0 saturated heterocycles. The molecule has 2 aromatic rings. The number of nitrogens with one attached hydrogen (secondary N) is 2. The summed E-state index contributed by atoms with van der Waals surface area (Å²) < 4.78 is 0. The average molecular weight is 334 g/mol. The minimum absolute atomic E-state index is 0.0790. The Labute approximate surface area is 137 Å². The molecule has 0 bridgehead atoms. The number of anilines is 1. The van der Waals surface area contributed by atoms with E-state index >= 15 is 0 Å². The molecule has 1 heterocycles. The van der Waals surface area contributed by atoms with Crippen molar-refractivity contribution in [3.05, 3.63) is 50.0 Å². The van der Waals surface area contributed by atoms with Crippen LogP contribution in [-0.4, -0.2) is 22.9 Å². The Bertz CT molecular complexity index is 714. The summed E-state index contributed by atoms with van der Waals surface area (Å²) in [5.41, 5.74) is 2.31. The molecule has 0 radical (unpaired) electrons. The molecule has 2 N–H and O–H groups in total. The first-order valence-electron chi connectivity index (χ1n) is 7.18. The van der Waals surface area contributed by atoms with E-state index in [9.17, 15) is 14.9 Å². The summed E-state index contributed by atoms with van der Waals surface area (Å²) in [5.74, 6) is -0.0790. The van der Waals surface area contributed by atoms with Gasteiger partial charge in [0, 0.05) is 29.7 Å². The predicted octanol–water partition coefficient (Wildman–Crippen LogP) is 2.51. The second-order valence-electron chi connectivity index (χ2n) is 4.89. The van der Waals surface area contributed by atoms with Gasteiger partial charge in [-0.3, -0.25) is 14.9 Å². The topological polar surface area (TPSA) is 97.2 Å². The SMILES string of the molecule is CCc1ccc(NCc2csc(CC(=O)NC)n2)cc1[N+](=O)[O-]. The van der Waals surface area contributed by atoms with E-state index in [1.54, 1.807) is 13.1 Å². The number of carbonyl (C=O) groups excluding carboxylic acids is 1. The van der Waals surface area contributed by atoms with Crippen LogP contribution in [0, 0.1) is 10.1 Å². The molecule has 0 fully saturated rings. The zero-order chi connectivity index (χ0) is 16.8. The predicted molar refractivity (Wildman–Crippen MR) is 89.7 cm³/mol. The molecule has 7 nitrogen and oxygen atoms in total. The summed E-state index contributed by atoms with van der Waals surface area (Å²) in [6, 6.07) is 5.12. The van der Waals surface area contributed by atoms with E-state index in [0.29, 0.717) is 24.2 Å². The molecule has 0 atom stereocenters. The van der Waals surface area contributed by atoms with Gasteiger partial charge in [-0.2, -0.15) is 0 Å². The van der Waals surface area contributed by atoms with Gasteiger partial charge in [0.15, 0.2) is 0 Å². The number of carbonyl (C=O) groups is 1. The zero-order valence-corrected chi connectivity index (χ0v) is 13.8. The fourth-order valence-electron chi connectivity index (χ4n) is 2.07. The van der Waals surface area contributed by atoms with Crippen molar-refractivity contribution in [2.24, 2.45) is 0 Å². The fourth-order valence-corrected chi connectivity index (χ4v) is 2.86. The molecule has 0 unspecified atom stereocenters. The van der Waals surface area contributed by atoms with Crippen LogP contribution in [0.25, 0.3) is 0 Å². The monoisotopic (exact) mass is 334 g/mol. The summed E-state index contributed by atoms with van der Waals surface area (Å²) in [5, 5.41) is 19.4.